The second kappa shape index (κ2) is 6.31. The van der Waals surface area contributed by atoms with Gasteiger partial charge in [0.1, 0.15) is 9.81 Å². The number of carbonyl (C=O) groups is 2. The van der Waals surface area contributed by atoms with Crippen molar-refractivity contribution >= 4 is 52.9 Å². The van der Waals surface area contributed by atoms with Gasteiger partial charge in [0.05, 0.1) is 18.5 Å². The summed E-state index contributed by atoms with van der Waals surface area (Å²) in [4.78, 5) is 24.9. The minimum absolute atomic E-state index is 0.280. The molecule has 0 fully saturated rings. The van der Waals surface area contributed by atoms with E-state index in [0.29, 0.717) is 0 Å². The van der Waals surface area contributed by atoms with Crippen LogP contribution < -0.4 is 0 Å². The van der Waals surface area contributed by atoms with Crippen molar-refractivity contribution < 1.29 is 19.1 Å². The Morgan fingerprint density at radius 1 is 1.11 bits per heavy atom. The van der Waals surface area contributed by atoms with Crippen molar-refractivity contribution in [3.63, 3.8) is 0 Å². The minimum atomic E-state index is -0.521. The number of thioether (sulfide) groups is 2. The van der Waals surface area contributed by atoms with Crippen LogP contribution in [0.3, 0.4) is 0 Å². The molecule has 4 nitrogen and oxygen atoms in total. The normalized spacial score (nSPS) is 14.5. The topological polar surface area (TPSA) is 52.6 Å². The van der Waals surface area contributed by atoms with Gasteiger partial charge in [-0.15, -0.1) is 11.3 Å². The van der Waals surface area contributed by atoms with Crippen LogP contribution in [0.25, 0.3) is 6.08 Å². The summed E-state index contributed by atoms with van der Waals surface area (Å²) in [5.74, 6) is -1.04. The third kappa shape index (κ3) is 3.23. The number of ether oxygens (including phenoxy) is 2. The number of esters is 2. The predicted molar refractivity (Wildman–Crippen MR) is 78.5 cm³/mol. The zero-order valence-electron chi connectivity index (χ0n) is 10.2. The van der Waals surface area contributed by atoms with E-state index in [2.05, 4.69) is 9.47 Å². The van der Waals surface area contributed by atoms with Gasteiger partial charge in [0.15, 0.2) is 0 Å². The van der Waals surface area contributed by atoms with Crippen LogP contribution in [0.1, 0.15) is 4.88 Å². The molecular formula is C12H10O4S3. The first-order valence-electron chi connectivity index (χ1n) is 5.17. The summed E-state index contributed by atoms with van der Waals surface area (Å²) in [6.07, 6.45) is 1.93. The Balaban J connectivity index is 2.26. The molecule has 0 bridgehead atoms. The van der Waals surface area contributed by atoms with Crippen molar-refractivity contribution in [3.05, 3.63) is 36.4 Å². The van der Waals surface area contributed by atoms with Crippen LogP contribution in [0, 0.1) is 0 Å². The number of methoxy groups -OCH3 is 2. The predicted octanol–water partition coefficient (Wildman–Crippen LogP) is 3.08. The van der Waals surface area contributed by atoms with Crippen LogP contribution in [0.5, 0.6) is 0 Å². The molecule has 0 spiro atoms. The van der Waals surface area contributed by atoms with E-state index in [1.807, 2.05) is 23.6 Å². The molecule has 2 rings (SSSR count). The Bertz CT molecular complexity index is 528. The zero-order valence-corrected chi connectivity index (χ0v) is 12.6. The van der Waals surface area contributed by atoms with E-state index in [-0.39, 0.29) is 9.81 Å². The van der Waals surface area contributed by atoms with Gasteiger partial charge in [0.2, 0.25) is 0 Å². The maximum Gasteiger partial charge on any atom is 0.346 e. The average molecular weight is 314 g/mol. The smallest absolute Gasteiger partial charge is 0.346 e. The second-order valence-electron chi connectivity index (χ2n) is 3.32. The molecule has 1 aliphatic heterocycles. The Morgan fingerprint density at radius 2 is 1.68 bits per heavy atom. The molecule has 1 aliphatic rings. The molecule has 1 aromatic rings. The van der Waals surface area contributed by atoms with E-state index < -0.39 is 11.9 Å². The van der Waals surface area contributed by atoms with Crippen molar-refractivity contribution in [2.24, 2.45) is 0 Å². The van der Waals surface area contributed by atoms with E-state index in [1.165, 1.54) is 37.7 Å². The maximum absolute atomic E-state index is 11.6. The molecule has 1 aromatic heterocycles. The molecule has 100 valence electrons. The summed E-state index contributed by atoms with van der Waals surface area (Å²) >= 11 is 4.04. The van der Waals surface area contributed by atoms with Gasteiger partial charge in [-0.2, -0.15) is 0 Å². The van der Waals surface area contributed by atoms with Gasteiger partial charge in [-0.25, -0.2) is 9.59 Å². The first kappa shape index (κ1) is 14.2. The fourth-order valence-corrected chi connectivity index (χ4v) is 4.50. The van der Waals surface area contributed by atoms with Gasteiger partial charge in [0.25, 0.3) is 0 Å². The summed E-state index contributed by atoms with van der Waals surface area (Å²) in [7, 11) is 2.58. The highest BCUT2D eigenvalue weighted by atomic mass is 32.2. The highest BCUT2D eigenvalue weighted by molar-refractivity contribution is 8.29. The van der Waals surface area contributed by atoms with Crippen molar-refractivity contribution in [2.75, 3.05) is 14.2 Å². The van der Waals surface area contributed by atoms with Gasteiger partial charge in [-0.1, -0.05) is 29.6 Å². The molecule has 2 heterocycles. The fraction of sp³-hybridized carbons (Fsp3) is 0.167. The Labute approximate surface area is 122 Å². The first-order chi connectivity index (χ1) is 9.15. The lowest BCUT2D eigenvalue weighted by atomic mass is 10.5. The minimum Gasteiger partial charge on any atom is -0.465 e. The molecule has 0 aliphatic carbocycles. The molecule has 0 N–H and O–H groups in total. The monoisotopic (exact) mass is 314 g/mol. The molecule has 0 saturated heterocycles. The zero-order chi connectivity index (χ0) is 13.8. The maximum atomic E-state index is 11.6. The third-order valence-corrected chi connectivity index (χ3v) is 5.39. The highest BCUT2D eigenvalue weighted by Gasteiger charge is 2.32. The van der Waals surface area contributed by atoms with Crippen LogP contribution in [-0.2, 0) is 19.1 Å². The Kier molecular flexibility index (Phi) is 4.73. The molecule has 0 unspecified atom stereocenters. The fourth-order valence-electron chi connectivity index (χ4n) is 1.32. The highest BCUT2D eigenvalue weighted by Crippen LogP contribution is 2.50. The van der Waals surface area contributed by atoms with Crippen molar-refractivity contribution in [3.8, 4) is 0 Å². The van der Waals surface area contributed by atoms with Crippen LogP contribution >= 0.6 is 34.9 Å². The Hall–Kier alpha value is -1.18. The summed E-state index contributed by atoms with van der Waals surface area (Å²) in [6, 6.07) is 3.91. The van der Waals surface area contributed by atoms with Crippen LogP contribution in [-0.4, -0.2) is 26.2 Å². The van der Waals surface area contributed by atoms with Crippen molar-refractivity contribution in [2.45, 2.75) is 0 Å². The standard InChI is InChI=1S/C12H10O4S3/c1-15-11(13)9-10(12(14)16-2)19-8(18-9)6-7-4-3-5-17-7/h3-6H,1-2H3. The summed E-state index contributed by atoms with van der Waals surface area (Å²) in [5, 5.41) is 1.96. The van der Waals surface area contributed by atoms with Gasteiger partial charge in [-0.05, 0) is 17.5 Å². The van der Waals surface area contributed by atoms with Crippen LogP contribution in [0.4, 0.5) is 0 Å². The van der Waals surface area contributed by atoms with Crippen molar-refractivity contribution in [1.29, 1.82) is 0 Å². The molecule has 0 saturated carbocycles. The quantitative estimate of drug-likeness (QED) is 0.799. The van der Waals surface area contributed by atoms with E-state index >= 15 is 0 Å². The molecule has 0 aromatic carbocycles. The Morgan fingerprint density at radius 3 is 2.11 bits per heavy atom. The number of carbonyl (C=O) groups excluding carboxylic acids is 2. The number of thiophene rings is 1. The molecule has 0 amide bonds. The SMILES string of the molecule is COC(=O)C1=C(C(=O)OC)SC(=Cc2cccs2)S1. The second-order valence-corrected chi connectivity index (χ2v) is 6.67. The lowest BCUT2D eigenvalue weighted by Crippen LogP contribution is -2.08. The number of rotatable bonds is 3. The molecule has 7 heteroatoms. The van der Waals surface area contributed by atoms with Gasteiger partial charge in [0, 0.05) is 4.88 Å². The van der Waals surface area contributed by atoms with Gasteiger partial charge >= 0.3 is 11.9 Å². The molecule has 0 radical (unpaired) electrons. The van der Waals surface area contributed by atoms with Gasteiger partial charge < -0.3 is 9.47 Å². The van der Waals surface area contributed by atoms with Gasteiger partial charge in [-0.3, -0.25) is 0 Å². The van der Waals surface area contributed by atoms with Crippen LogP contribution in [0.15, 0.2) is 31.6 Å². The van der Waals surface area contributed by atoms with E-state index in [1.54, 1.807) is 11.3 Å². The van der Waals surface area contributed by atoms with Crippen molar-refractivity contribution in [1.82, 2.24) is 0 Å². The molecule has 0 atom stereocenters. The molecule has 19 heavy (non-hydrogen) atoms. The van der Waals surface area contributed by atoms with E-state index in [4.69, 9.17) is 0 Å². The lowest BCUT2D eigenvalue weighted by Gasteiger charge is -2.00. The third-order valence-electron chi connectivity index (χ3n) is 2.16. The molecular weight excluding hydrogens is 304 g/mol. The van der Waals surface area contributed by atoms with E-state index in [9.17, 15) is 9.59 Å². The number of hydrogen-bond donors (Lipinski definition) is 0. The number of hydrogen-bond acceptors (Lipinski definition) is 7. The lowest BCUT2D eigenvalue weighted by molar-refractivity contribution is -0.138. The van der Waals surface area contributed by atoms with E-state index in [0.717, 1.165) is 9.11 Å². The first-order valence-corrected chi connectivity index (χ1v) is 7.68. The largest absolute Gasteiger partial charge is 0.465 e. The summed E-state index contributed by atoms with van der Waals surface area (Å²) < 4.78 is 10.2. The summed E-state index contributed by atoms with van der Waals surface area (Å²) in [6.45, 7) is 0. The summed E-state index contributed by atoms with van der Waals surface area (Å²) in [5.41, 5.74) is 0. The average Bonchev–Trinajstić information content (AvgIpc) is 3.07. The van der Waals surface area contributed by atoms with Crippen LogP contribution in [0.2, 0.25) is 0 Å².